The van der Waals surface area contributed by atoms with Crippen LogP contribution in [0.25, 0.3) is 0 Å². The van der Waals surface area contributed by atoms with Gasteiger partial charge in [-0.25, -0.2) is 4.79 Å². The molecule has 2 heterocycles. The fourth-order valence-electron chi connectivity index (χ4n) is 2.87. The summed E-state index contributed by atoms with van der Waals surface area (Å²) < 4.78 is 6.89. The predicted molar refractivity (Wildman–Crippen MR) is 112 cm³/mol. The second-order valence-corrected chi connectivity index (χ2v) is 7.86. The summed E-state index contributed by atoms with van der Waals surface area (Å²) in [6, 6.07) is 0. The van der Waals surface area contributed by atoms with E-state index >= 15 is 0 Å². The first-order valence-corrected chi connectivity index (χ1v) is 9.98. The highest BCUT2D eigenvalue weighted by Crippen LogP contribution is 2.16. The van der Waals surface area contributed by atoms with Crippen molar-refractivity contribution >= 4 is 23.6 Å². The molecular weight excluding hydrogens is 374 g/mol. The molecule has 2 rings (SSSR count). The maximum Gasteiger partial charge on any atom is 0.407 e. The van der Waals surface area contributed by atoms with Gasteiger partial charge in [0, 0.05) is 46.0 Å². The molecule has 0 spiro atoms. The molecule has 0 unspecified atom stereocenters. The minimum absolute atomic E-state index is 0.0152. The van der Waals surface area contributed by atoms with Crippen LogP contribution in [-0.4, -0.2) is 77.5 Å². The van der Waals surface area contributed by atoms with Gasteiger partial charge < -0.3 is 25.2 Å². The maximum atomic E-state index is 12.6. The number of carbonyl (C=O) groups is 2. The lowest BCUT2D eigenvalue weighted by Gasteiger charge is -2.35. The van der Waals surface area contributed by atoms with Gasteiger partial charge in [-0.2, -0.15) is 5.10 Å². The van der Waals surface area contributed by atoms with E-state index in [4.69, 9.17) is 4.74 Å². The number of aliphatic imine (C=N–C) groups is 1. The molecule has 29 heavy (non-hydrogen) atoms. The summed E-state index contributed by atoms with van der Waals surface area (Å²) in [7, 11) is 1.83. The number of alkyl carbamates (subject to hydrolysis) is 1. The summed E-state index contributed by atoms with van der Waals surface area (Å²) in [5.41, 5.74) is 0.303. The number of ether oxygens (including phenoxy) is 1. The molecule has 1 aromatic rings. The zero-order chi connectivity index (χ0) is 21.4. The largest absolute Gasteiger partial charge is 0.444 e. The molecule has 0 aromatic carbocycles. The molecule has 0 aliphatic carbocycles. The predicted octanol–water partition coefficient (Wildman–Crippen LogP) is 0.949. The second kappa shape index (κ2) is 10.1. The molecule has 1 aromatic heterocycles. The lowest BCUT2D eigenvalue weighted by Crippen LogP contribution is -2.55. The van der Waals surface area contributed by atoms with Crippen molar-refractivity contribution < 1.29 is 14.3 Å². The SMILES string of the molecule is CCNC(=NCCCNC(=O)OC(C)(C)C)N1CCN(c2cnn(C)c2)C(=O)C1. The van der Waals surface area contributed by atoms with Gasteiger partial charge in [-0.1, -0.05) is 0 Å². The Morgan fingerprint density at radius 1 is 1.31 bits per heavy atom. The topological polar surface area (TPSA) is 104 Å². The molecule has 0 radical (unpaired) electrons. The van der Waals surface area contributed by atoms with Crippen molar-refractivity contribution in [2.45, 2.75) is 39.7 Å². The third-order valence-corrected chi connectivity index (χ3v) is 4.12. The van der Waals surface area contributed by atoms with E-state index < -0.39 is 11.7 Å². The Morgan fingerprint density at radius 3 is 2.66 bits per heavy atom. The van der Waals surface area contributed by atoms with Crippen LogP contribution in [0.1, 0.15) is 34.1 Å². The molecule has 0 atom stereocenters. The number of anilines is 1. The fraction of sp³-hybridized carbons (Fsp3) is 0.684. The van der Waals surface area contributed by atoms with E-state index in [-0.39, 0.29) is 12.5 Å². The number of aromatic nitrogens is 2. The molecule has 162 valence electrons. The van der Waals surface area contributed by atoms with E-state index in [0.29, 0.717) is 45.1 Å². The highest BCUT2D eigenvalue weighted by Gasteiger charge is 2.27. The lowest BCUT2D eigenvalue weighted by molar-refractivity contribution is -0.120. The number of aryl methyl sites for hydroxylation is 1. The summed E-state index contributed by atoms with van der Waals surface area (Å²) in [5, 5.41) is 10.1. The van der Waals surface area contributed by atoms with Crippen molar-refractivity contribution in [3.05, 3.63) is 12.4 Å². The number of nitrogens with one attached hydrogen (secondary N) is 2. The van der Waals surface area contributed by atoms with E-state index in [1.54, 1.807) is 15.8 Å². The number of nitrogens with zero attached hydrogens (tertiary/aromatic N) is 5. The van der Waals surface area contributed by atoms with Gasteiger partial charge in [0.05, 0.1) is 11.9 Å². The Labute approximate surface area is 172 Å². The molecule has 0 saturated carbocycles. The minimum atomic E-state index is -0.509. The molecule has 0 bridgehead atoms. The molecule has 1 aliphatic heterocycles. The van der Waals surface area contributed by atoms with Crippen LogP contribution < -0.4 is 15.5 Å². The zero-order valence-electron chi connectivity index (χ0n) is 18.1. The first-order valence-electron chi connectivity index (χ1n) is 9.98. The number of rotatable bonds is 6. The number of carbonyl (C=O) groups excluding carboxylic acids is 2. The molecule has 1 fully saturated rings. The van der Waals surface area contributed by atoms with Crippen LogP contribution in [0, 0.1) is 0 Å². The summed E-state index contributed by atoms with van der Waals surface area (Å²) in [5.74, 6) is 0.727. The van der Waals surface area contributed by atoms with Gasteiger partial charge in [-0.05, 0) is 34.1 Å². The number of piperazine rings is 1. The Morgan fingerprint density at radius 2 is 2.07 bits per heavy atom. The van der Waals surface area contributed by atoms with Crippen molar-refractivity contribution in [3.63, 3.8) is 0 Å². The van der Waals surface area contributed by atoms with Gasteiger partial charge in [-0.3, -0.25) is 14.5 Å². The molecular formula is C19H33N7O3. The van der Waals surface area contributed by atoms with Crippen LogP contribution in [0.3, 0.4) is 0 Å². The van der Waals surface area contributed by atoms with E-state index in [1.165, 1.54) is 0 Å². The van der Waals surface area contributed by atoms with Crippen LogP contribution in [0.15, 0.2) is 17.4 Å². The van der Waals surface area contributed by atoms with Crippen LogP contribution >= 0.6 is 0 Å². The second-order valence-electron chi connectivity index (χ2n) is 7.86. The number of amides is 2. The van der Waals surface area contributed by atoms with Gasteiger partial charge in [0.25, 0.3) is 0 Å². The van der Waals surface area contributed by atoms with E-state index in [1.807, 2.05) is 45.8 Å². The smallest absolute Gasteiger partial charge is 0.407 e. The summed E-state index contributed by atoms with van der Waals surface area (Å²) >= 11 is 0. The fourth-order valence-corrected chi connectivity index (χ4v) is 2.87. The number of hydrogen-bond acceptors (Lipinski definition) is 5. The standard InChI is InChI=1S/C19H33N7O3/c1-6-20-17(21-8-7-9-22-18(28)29-19(2,3)4)25-10-11-26(16(27)14-25)15-12-23-24(5)13-15/h12-13H,6-11,14H2,1-5H3,(H,20,21)(H,22,28). The van der Waals surface area contributed by atoms with Crippen molar-refractivity contribution in [2.24, 2.45) is 12.0 Å². The van der Waals surface area contributed by atoms with Crippen molar-refractivity contribution in [2.75, 3.05) is 44.2 Å². The number of hydrogen-bond donors (Lipinski definition) is 2. The van der Waals surface area contributed by atoms with E-state index in [2.05, 4.69) is 20.7 Å². The van der Waals surface area contributed by atoms with Crippen molar-refractivity contribution in [3.8, 4) is 0 Å². The van der Waals surface area contributed by atoms with Crippen molar-refractivity contribution in [1.82, 2.24) is 25.3 Å². The number of guanidine groups is 1. The Hall–Kier alpha value is -2.78. The Bertz CT molecular complexity index is 724. The van der Waals surface area contributed by atoms with Gasteiger partial charge in [-0.15, -0.1) is 0 Å². The summed E-state index contributed by atoms with van der Waals surface area (Å²) in [4.78, 5) is 32.5. The van der Waals surface area contributed by atoms with E-state index in [0.717, 1.165) is 5.69 Å². The average Bonchev–Trinajstić information content (AvgIpc) is 3.05. The van der Waals surface area contributed by atoms with Gasteiger partial charge >= 0.3 is 6.09 Å². The third kappa shape index (κ3) is 7.28. The summed E-state index contributed by atoms with van der Waals surface area (Å²) in [6.45, 7) is 10.7. The maximum absolute atomic E-state index is 12.6. The molecule has 2 amide bonds. The quantitative estimate of drug-likeness (QED) is 0.413. The zero-order valence-corrected chi connectivity index (χ0v) is 18.1. The van der Waals surface area contributed by atoms with E-state index in [9.17, 15) is 9.59 Å². The van der Waals surface area contributed by atoms with Crippen molar-refractivity contribution in [1.29, 1.82) is 0 Å². The Kier molecular flexibility index (Phi) is 7.86. The molecule has 1 aliphatic rings. The lowest BCUT2D eigenvalue weighted by atomic mass is 10.2. The molecule has 2 N–H and O–H groups in total. The first-order chi connectivity index (χ1) is 13.7. The minimum Gasteiger partial charge on any atom is -0.444 e. The highest BCUT2D eigenvalue weighted by atomic mass is 16.6. The highest BCUT2D eigenvalue weighted by molar-refractivity contribution is 5.98. The van der Waals surface area contributed by atoms with Crippen LogP contribution in [0.2, 0.25) is 0 Å². The molecule has 10 heteroatoms. The van der Waals surface area contributed by atoms with Crippen LogP contribution in [-0.2, 0) is 16.6 Å². The third-order valence-electron chi connectivity index (χ3n) is 4.12. The van der Waals surface area contributed by atoms with Gasteiger partial charge in [0.2, 0.25) is 5.91 Å². The van der Waals surface area contributed by atoms with Gasteiger partial charge in [0.15, 0.2) is 5.96 Å². The summed E-state index contributed by atoms with van der Waals surface area (Å²) in [6.07, 6.45) is 3.79. The Balaban J connectivity index is 1.83. The first kappa shape index (κ1) is 22.5. The normalized spacial score (nSPS) is 15.5. The molecule has 10 nitrogen and oxygen atoms in total. The van der Waals surface area contributed by atoms with Crippen LogP contribution in [0.5, 0.6) is 0 Å². The average molecular weight is 408 g/mol. The van der Waals surface area contributed by atoms with Crippen LogP contribution in [0.4, 0.5) is 10.5 Å². The molecule has 1 saturated heterocycles. The van der Waals surface area contributed by atoms with Gasteiger partial charge in [0.1, 0.15) is 12.1 Å². The monoisotopic (exact) mass is 407 g/mol.